The van der Waals surface area contributed by atoms with Crippen LogP contribution in [0.5, 0.6) is 5.75 Å². The maximum atomic E-state index is 13.8. The lowest BCUT2D eigenvalue weighted by Crippen LogP contribution is -2.49. The van der Waals surface area contributed by atoms with E-state index in [4.69, 9.17) is 14.5 Å². The van der Waals surface area contributed by atoms with Gasteiger partial charge in [-0.15, -0.1) is 0 Å². The summed E-state index contributed by atoms with van der Waals surface area (Å²) < 4.78 is 12.2. The highest BCUT2D eigenvalue weighted by Crippen LogP contribution is 2.43. The van der Waals surface area contributed by atoms with Gasteiger partial charge in [0.2, 0.25) is 6.10 Å². The number of carbonyl (C=O) groups excluding carboxylic acids is 2. The van der Waals surface area contributed by atoms with Crippen molar-refractivity contribution in [1.82, 2.24) is 9.55 Å². The number of benzene rings is 1. The van der Waals surface area contributed by atoms with Crippen LogP contribution in [0.2, 0.25) is 0 Å². The van der Waals surface area contributed by atoms with Crippen LogP contribution in [0.1, 0.15) is 56.4 Å². The van der Waals surface area contributed by atoms with E-state index in [1.54, 1.807) is 42.7 Å². The van der Waals surface area contributed by atoms with Gasteiger partial charge in [0.05, 0.1) is 34.6 Å². The summed E-state index contributed by atoms with van der Waals surface area (Å²) in [6, 6.07) is 6.75. The van der Waals surface area contributed by atoms with Crippen LogP contribution in [0.15, 0.2) is 29.1 Å². The van der Waals surface area contributed by atoms with Crippen molar-refractivity contribution in [3.63, 3.8) is 0 Å². The van der Waals surface area contributed by atoms with Crippen molar-refractivity contribution in [3.8, 4) is 17.1 Å². The molecule has 4 heterocycles. The smallest absolute Gasteiger partial charge is 0.348 e. The molecule has 3 atom stereocenters. The van der Waals surface area contributed by atoms with Crippen LogP contribution in [-0.4, -0.2) is 37.8 Å². The van der Waals surface area contributed by atoms with Crippen LogP contribution in [0, 0.1) is 5.92 Å². The Balaban J connectivity index is 1.76. The summed E-state index contributed by atoms with van der Waals surface area (Å²) in [6.45, 7) is 6.50. The van der Waals surface area contributed by atoms with Crippen LogP contribution in [0.4, 0.5) is 0 Å². The zero-order valence-electron chi connectivity index (χ0n) is 20.6. The number of esters is 2. The van der Waals surface area contributed by atoms with Crippen LogP contribution >= 0.6 is 0 Å². The Morgan fingerprint density at radius 2 is 2.00 bits per heavy atom. The minimum Gasteiger partial charge on any atom is -0.508 e. The summed E-state index contributed by atoms with van der Waals surface area (Å²) in [5, 5.41) is 22.8. The fourth-order valence-corrected chi connectivity index (χ4v) is 5.64. The van der Waals surface area contributed by atoms with E-state index in [0.29, 0.717) is 28.9 Å². The number of pyridine rings is 2. The number of cyclic esters (lactones) is 1. The number of hydrogen-bond acceptors (Lipinski definition) is 8. The van der Waals surface area contributed by atoms with Gasteiger partial charge in [-0.2, -0.15) is 0 Å². The van der Waals surface area contributed by atoms with Gasteiger partial charge in [-0.25, -0.2) is 9.78 Å². The molecule has 0 spiro atoms. The molecule has 5 rings (SSSR count). The second kappa shape index (κ2) is 8.44. The van der Waals surface area contributed by atoms with Crippen molar-refractivity contribution in [1.29, 1.82) is 0 Å². The van der Waals surface area contributed by atoms with Gasteiger partial charge in [-0.3, -0.25) is 9.59 Å². The number of rotatable bonds is 3. The minimum atomic E-state index is -1.64. The number of ether oxygens (including phenoxy) is 2. The Bertz CT molecular complexity index is 1490. The molecule has 188 valence electrons. The Hall–Kier alpha value is -3.72. The van der Waals surface area contributed by atoms with E-state index in [0.717, 1.165) is 16.5 Å². The monoisotopic (exact) mass is 492 g/mol. The molecule has 3 aromatic rings. The van der Waals surface area contributed by atoms with E-state index in [1.807, 2.05) is 6.92 Å². The number of aliphatic hydroxyl groups is 1. The minimum absolute atomic E-state index is 0.140. The van der Waals surface area contributed by atoms with Crippen molar-refractivity contribution < 1.29 is 29.3 Å². The quantitative estimate of drug-likeness (QED) is 0.418. The van der Waals surface area contributed by atoms with E-state index >= 15 is 0 Å². The van der Waals surface area contributed by atoms with E-state index in [-0.39, 0.29) is 36.4 Å². The molecule has 0 aliphatic carbocycles. The predicted molar refractivity (Wildman–Crippen MR) is 130 cm³/mol. The highest BCUT2D eigenvalue weighted by Gasteiger charge is 2.48. The Morgan fingerprint density at radius 3 is 2.67 bits per heavy atom. The Morgan fingerprint density at radius 1 is 1.25 bits per heavy atom. The van der Waals surface area contributed by atoms with Crippen molar-refractivity contribution in [3.05, 3.63) is 56.9 Å². The van der Waals surface area contributed by atoms with Gasteiger partial charge >= 0.3 is 11.9 Å². The first-order valence-electron chi connectivity index (χ1n) is 12.1. The molecule has 9 heteroatoms. The summed E-state index contributed by atoms with van der Waals surface area (Å²) in [5.41, 5.74) is 2.30. The van der Waals surface area contributed by atoms with Crippen molar-refractivity contribution >= 4 is 22.8 Å². The topological polar surface area (TPSA) is 128 Å². The summed E-state index contributed by atoms with van der Waals surface area (Å²) in [7, 11) is 0. The molecular formula is C27H28N2O7. The molecule has 2 aliphatic heterocycles. The van der Waals surface area contributed by atoms with E-state index in [9.17, 15) is 24.6 Å². The molecule has 0 amide bonds. The zero-order valence-corrected chi connectivity index (χ0v) is 20.6. The molecule has 2 aliphatic rings. The summed E-state index contributed by atoms with van der Waals surface area (Å²) in [5.74, 6) is -2.20. The fourth-order valence-electron chi connectivity index (χ4n) is 5.64. The molecule has 1 aromatic carbocycles. The highest BCUT2D eigenvalue weighted by atomic mass is 16.6. The Kier molecular flexibility index (Phi) is 5.63. The lowest BCUT2D eigenvalue weighted by atomic mass is 9.75. The first kappa shape index (κ1) is 24.0. The molecule has 36 heavy (non-hydrogen) atoms. The van der Waals surface area contributed by atoms with Gasteiger partial charge in [0.1, 0.15) is 12.4 Å². The molecule has 9 nitrogen and oxygen atoms in total. The number of fused-ring (bicyclic) bond motifs is 5. The van der Waals surface area contributed by atoms with E-state index in [2.05, 4.69) is 0 Å². The average molecular weight is 493 g/mol. The number of nitrogens with zero attached hydrogens (tertiary/aromatic N) is 2. The van der Waals surface area contributed by atoms with Gasteiger partial charge in [-0.05, 0) is 48.2 Å². The summed E-state index contributed by atoms with van der Waals surface area (Å²) >= 11 is 0. The largest absolute Gasteiger partial charge is 0.508 e. The number of aromatic hydroxyl groups is 1. The third kappa shape index (κ3) is 3.41. The summed E-state index contributed by atoms with van der Waals surface area (Å²) in [4.78, 5) is 43.0. The van der Waals surface area contributed by atoms with Crippen LogP contribution < -0.4 is 5.56 Å². The fraction of sp³-hybridized carbons (Fsp3) is 0.407. The van der Waals surface area contributed by atoms with Gasteiger partial charge in [0, 0.05) is 23.8 Å². The molecule has 1 unspecified atom stereocenters. The molecule has 0 radical (unpaired) electrons. The van der Waals surface area contributed by atoms with Crippen molar-refractivity contribution in [2.24, 2.45) is 5.92 Å². The maximum absolute atomic E-state index is 13.8. The number of aromatic nitrogens is 2. The maximum Gasteiger partial charge on any atom is 0.348 e. The molecule has 2 aromatic heterocycles. The van der Waals surface area contributed by atoms with Gasteiger partial charge in [0.25, 0.3) is 5.56 Å². The van der Waals surface area contributed by atoms with Crippen molar-refractivity contribution in [2.75, 3.05) is 0 Å². The average Bonchev–Trinajstić information content (AvgIpc) is 3.22. The molecule has 0 bridgehead atoms. The predicted octanol–water partition coefficient (Wildman–Crippen LogP) is 2.92. The number of phenols is 1. The van der Waals surface area contributed by atoms with Gasteiger partial charge in [0.15, 0.2) is 0 Å². The number of hydrogen-bond donors (Lipinski definition) is 2. The van der Waals surface area contributed by atoms with E-state index in [1.165, 1.54) is 6.92 Å². The van der Waals surface area contributed by atoms with E-state index < -0.39 is 29.6 Å². The molecule has 2 N–H and O–H groups in total. The van der Waals surface area contributed by atoms with Gasteiger partial charge in [-0.1, -0.05) is 20.8 Å². The molecule has 0 saturated carbocycles. The number of phenolic OH excluding ortho intramolecular Hbond substituents is 1. The van der Waals surface area contributed by atoms with Crippen LogP contribution in [0.3, 0.4) is 0 Å². The second-order valence-electron chi connectivity index (χ2n) is 9.49. The number of carbonyl (C=O) groups is 2. The zero-order chi connectivity index (χ0) is 25.9. The lowest BCUT2D eigenvalue weighted by Gasteiger charge is -2.39. The third-order valence-corrected chi connectivity index (χ3v) is 7.60. The normalized spacial score (nSPS) is 22.8. The summed E-state index contributed by atoms with van der Waals surface area (Å²) in [6.07, 6.45) is -0.470. The van der Waals surface area contributed by atoms with Crippen LogP contribution in [-0.2, 0) is 44.2 Å². The molecular weight excluding hydrogens is 464 g/mol. The lowest BCUT2D eigenvalue weighted by molar-refractivity contribution is -0.182. The highest BCUT2D eigenvalue weighted by molar-refractivity contribution is 5.89. The van der Waals surface area contributed by atoms with Crippen molar-refractivity contribution in [2.45, 2.75) is 65.4 Å². The Labute approximate surface area is 207 Å². The first-order valence-corrected chi connectivity index (χ1v) is 12.1. The second-order valence-corrected chi connectivity index (χ2v) is 9.49. The first-order chi connectivity index (χ1) is 17.1. The molecule has 0 saturated heterocycles. The molecule has 0 fully saturated rings. The standard InChI is InChI=1S/C27H28N2O7/c1-5-16-17-9-15(31)7-8-21(17)28-23-18(16)11-29-22(23)10-20-19(25(29)32)12-35-26(33)24(36-14(4)30)13(3)27(20,34)6-2/h7-10,13,24,31,34H,5-6,11-12H2,1-4H3/t13?,24-,27-/m1/s1. The number of aryl methyl sites for hydroxylation is 1. The van der Waals surface area contributed by atoms with Gasteiger partial charge < -0.3 is 24.3 Å². The van der Waals surface area contributed by atoms with Crippen LogP contribution in [0.25, 0.3) is 22.3 Å². The SMILES string of the molecule is CCc1c2c(nc3ccc(O)cc13)-c1cc3c(c(=O)n1C2)COC(=O)[C@H](OC(C)=O)C(C)[C@]3(O)CC. The third-order valence-electron chi connectivity index (χ3n) is 7.60.